The topological polar surface area (TPSA) is 81.1 Å². The smallest absolute Gasteiger partial charge is 0.284 e. The minimum absolute atomic E-state index is 0.0355. The van der Waals surface area contributed by atoms with E-state index in [1.165, 1.54) is 12.5 Å². The van der Waals surface area contributed by atoms with Crippen molar-refractivity contribution in [1.29, 1.82) is 0 Å². The molecule has 100 valence electrons. The predicted octanol–water partition coefficient (Wildman–Crippen LogP) is 1.32. The zero-order chi connectivity index (χ0) is 14.0. The summed E-state index contributed by atoms with van der Waals surface area (Å²) in [6.45, 7) is 0. The van der Waals surface area contributed by atoms with Crippen LogP contribution < -0.4 is 4.72 Å². The quantitative estimate of drug-likeness (QED) is 0.911. The fourth-order valence-electron chi connectivity index (χ4n) is 1.42. The zero-order valence-electron chi connectivity index (χ0n) is 9.87. The van der Waals surface area contributed by atoms with E-state index in [9.17, 15) is 13.2 Å². The van der Waals surface area contributed by atoms with E-state index < -0.39 is 15.9 Å². The van der Waals surface area contributed by atoms with E-state index in [4.69, 9.17) is 0 Å². The van der Waals surface area contributed by atoms with Gasteiger partial charge in [0, 0.05) is 16.4 Å². The van der Waals surface area contributed by atoms with E-state index in [0.29, 0.717) is 0 Å². The number of imidazole rings is 1. The summed E-state index contributed by atoms with van der Waals surface area (Å²) < 4.78 is 26.3. The van der Waals surface area contributed by atoms with Crippen LogP contribution >= 0.6 is 15.9 Å². The van der Waals surface area contributed by atoms with Crippen LogP contribution in [0.3, 0.4) is 0 Å². The lowest BCUT2D eigenvalue weighted by molar-refractivity contribution is 0.0977. The zero-order valence-corrected chi connectivity index (χ0v) is 12.3. The maximum absolute atomic E-state index is 11.6. The molecule has 0 aliphatic rings. The molecule has 0 fully saturated rings. The molecule has 0 radical (unpaired) electrons. The molecule has 0 bridgehead atoms. The molecule has 0 aliphatic heterocycles. The third kappa shape index (κ3) is 3.65. The highest BCUT2D eigenvalue weighted by molar-refractivity contribution is 9.10. The lowest BCUT2D eigenvalue weighted by atomic mass is 10.3. The number of rotatable bonds is 3. The largest absolute Gasteiger partial charge is 0.305 e. The first kappa shape index (κ1) is 13.8. The first-order valence-corrected chi connectivity index (χ1v) is 7.86. The van der Waals surface area contributed by atoms with Gasteiger partial charge in [0.05, 0.1) is 6.26 Å². The molecule has 0 atom stereocenters. The minimum atomic E-state index is -3.59. The lowest BCUT2D eigenvalue weighted by Crippen LogP contribution is -2.29. The number of aromatic nitrogens is 2. The molecule has 6 nitrogen and oxygen atoms in total. The summed E-state index contributed by atoms with van der Waals surface area (Å²) in [7, 11) is -3.59. The van der Waals surface area contributed by atoms with Crippen LogP contribution in [0.2, 0.25) is 0 Å². The van der Waals surface area contributed by atoms with Crippen molar-refractivity contribution in [2.45, 2.75) is 0 Å². The molecular weight excluding hydrogens is 334 g/mol. The van der Waals surface area contributed by atoms with Gasteiger partial charge < -0.3 is 4.57 Å². The number of carbonyl (C=O) groups excluding carboxylic acids is 1. The number of sulfonamides is 1. The van der Waals surface area contributed by atoms with Gasteiger partial charge in [-0.1, -0.05) is 15.9 Å². The highest BCUT2D eigenvalue weighted by Gasteiger charge is 2.14. The number of hydrogen-bond donors (Lipinski definition) is 1. The Morgan fingerprint density at radius 1 is 1.32 bits per heavy atom. The van der Waals surface area contributed by atoms with Crippen LogP contribution in [0.5, 0.6) is 0 Å². The predicted molar refractivity (Wildman–Crippen MR) is 73.6 cm³/mol. The van der Waals surface area contributed by atoms with Crippen LogP contribution in [-0.2, 0) is 10.0 Å². The first-order valence-electron chi connectivity index (χ1n) is 5.17. The van der Waals surface area contributed by atoms with Crippen LogP contribution in [0.4, 0.5) is 0 Å². The third-order valence-electron chi connectivity index (χ3n) is 2.22. The molecule has 2 rings (SSSR count). The van der Waals surface area contributed by atoms with Gasteiger partial charge in [0.1, 0.15) is 12.0 Å². The van der Waals surface area contributed by atoms with Crippen molar-refractivity contribution >= 4 is 31.9 Å². The molecule has 2 aromatic rings. The van der Waals surface area contributed by atoms with Gasteiger partial charge in [0.25, 0.3) is 5.91 Å². The molecular formula is C11H10BrN3O3S. The number of benzene rings is 1. The second-order valence-electron chi connectivity index (χ2n) is 3.85. The Kier molecular flexibility index (Phi) is 3.72. The second-order valence-corrected chi connectivity index (χ2v) is 6.51. The van der Waals surface area contributed by atoms with E-state index in [0.717, 1.165) is 16.4 Å². The number of hydrogen-bond acceptors (Lipinski definition) is 4. The van der Waals surface area contributed by atoms with Crippen molar-refractivity contribution < 1.29 is 13.2 Å². The number of nitrogens with zero attached hydrogens (tertiary/aromatic N) is 2. The van der Waals surface area contributed by atoms with Crippen LogP contribution in [0.1, 0.15) is 10.5 Å². The van der Waals surface area contributed by atoms with Crippen LogP contribution in [0.15, 0.2) is 41.3 Å². The van der Waals surface area contributed by atoms with E-state index in [2.05, 4.69) is 20.9 Å². The monoisotopic (exact) mass is 343 g/mol. The number of nitrogens with one attached hydrogen (secondary N) is 1. The number of amides is 1. The van der Waals surface area contributed by atoms with Crippen molar-refractivity contribution in [3.63, 3.8) is 0 Å². The standard InChI is InChI=1S/C11H10BrN3O3S/c1-19(17,18)14-11(16)10-6-15(7-13-10)9-4-2-8(12)3-5-9/h2-7H,1H3,(H,14,16). The molecule has 8 heteroatoms. The van der Waals surface area contributed by atoms with Gasteiger partial charge in [-0.05, 0) is 24.3 Å². The number of carbonyl (C=O) groups is 1. The Balaban J connectivity index is 2.24. The summed E-state index contributed by atoms with van der Waals surface area (Å²) in [5.74, 6) is -0.752. The fraction of sp³-hybridized carbons (Fsp3) is 0.0909. The van der Waals surface area contributed by atoms with E-state index in [1.54, 1.807) is 4.57 Å². The summed E-state index contributed by atoms with van der Waals surface area (Å²) in [6, 6.07) is 7.38. The highest BCUT2D eigenvalue weighted by Crippen LogP contribution is 2.14. The summed E-state index contributed by atoms with van der Waals surface area (Å²) in [5, 5.41) is 0. The van der Waals surface area contributed by atoms with E-state index >= 15 is 0 Å². The molecule has 0 aliphatic carbocycles. The summed E-state index contributed by atoms with van der Waals surface area (Å²) in [5.41, 5.74) is 0.849. The van der Waals surface area contributed by atoms with Gasteiger partial charge >= 0.3 is 0 Å². The normalized spacial score (nSPS) is 11.3. The van der Waals surface area contributed by atoms with Crippen molar-refractivity contribution in [2.75, 3.05) is 6.26 Å². The maximum atomic E-state index is 11.6. The van der Waals surface area contributed by atoms with Crippen LogP contribution in [-0.4, -0.2) is 30.1 Å². The molecule has 0 saturated heterocycles. The first-order chi connectivity index (χ1) is 8.85. The van der Waals surface area contributed by atoms with Crippen molar-refractivity contribution in [2.24, 2.45) is 0 Å². The second kappa shape index (κ2) is 5.14. The molecule has 0 saturated carbocycles. The lowest BCUT2D eigenvalue weighted by Gasteiger charge is -2.01. The average Bonchev–Trinajstić information content (AvgIpc) is 2.77. The van der Waals surface area contributed by atoms with Crippen molar-refractivity contribution in [3.8, 4) is 5.69 Å². The molecule has 0 unspecified atom stereocenters. The van der Waals surface area contributed by atoms with Gasteiger partial charge in [0.2, 0.25) is 10.0 Å². The molecule has 1 N–H and O–H groups in total. The van der Waals surface area contributed by atoms with Gasteiger partial charge in [0.15, 0.2) is 0 Å². The molecule has 1 aromatic heterocycles. The fourth-order valence-corrected chi connectivity index (χ4v) is 2.12. The van der Waals surface area contributed by atoms with E-state index in [-0.39, 0.29) is 5.69 Å². The van der Waals surface area contributed by atoms with Crippen LogP contribution in [0, 0.1) is 0 Å². The molecule has 19 heavy (non-hydrogen) atoms. The molecule has 1 aromatic carbocycles. The highest BCUT2D eigenvalue weighted by atomic mass is 79.9. The summed E-state index contributed by atoms with van der Waals surface area (Å²) in [6.07, 6.45) is 3.82. The van der Waals surface area contributed by atoms with Gasteiger partial charge in [-0.3, -0.25) is 4.79 Å². The minimum Gasteiger partial charge on any atom is -0.305 e. The Bertz CT molecular complexity index is 707. The van der Waals surface area contributed by atoms with Gasteiger partial charge in [-0.15, -0.1) is 0 Å². The Morgan fingerprint density at radius 3 is 2.53 bits per heavy atom. The van der Waals surface area contributed by atoms with Gasteiger partial charge in [-0.2, -0.15) is 0 Å². The molecule has 0 spiro atoms. The van der Waals surface area contributed by atoms with Crippen molar-refractivity contribution in [3.05, 3.63) is 47.0 Å². The maximum Gasteiger partial charge on any atom is 0.284 e. The SMILES string of the molecule is CS(=O)(=O)NC(=O)c1cn(-c2ccc(Br)cc2)cn1. The molecule has 1 amide bonds. The molecule has 1 heterocycles. The Labute approximate surface area is 118 Å². The third-order valence-corrected chi connectivity index (χ3v) is 3.30. The summed E-state index contributed by atoms with van der Waals surface area (Å²) in [4.78, 5) is 15.5. The average molecular weight is 344 g/mol. The van der Waals surface area contributed by atoms with Crippen molar-refractivity contribution in [1.82, 2.24) is 14.3 Å². The Hall–Kier alpha value is -1.67. The van der Waals surface area contributed by atoms with Gasteiger partial charge in [-0.25, -0.2) is 18.1 Å². The number of halogens is 1. The van der Waals surface area contributed by atoms with E-state index in [1.807, 2.05) is 29.0 Å². The Morgan fingerprint density at radius 2 is 1.95 bits per heavy atom. The van der Waals surface area contributed by atoms with Crippen LogP contribution in [0.25, 0.3) is 5.69 Å². The summed E-state index contributed by atoms with van der Waals surface area (Å²) >= 11 is 3.32.